The number of aliphatic carboxylic acids is 1. The van der Waals surface area contributed by atoms with E-state index >= 15 is 0 Å². The average Bonchev–Trinajstić information content (AvgIpc) is 3.06. The van der Waals surface area contributed by atoms with Crippen molar-refractivity contribution >= 4 is 12.0 Å². The molecule has 0 radical (unpaired) electrons. The van der Waals surface area contributed by atoms with Gasteiger partial charge in [-0.3, -0.25) is 4.79 Å². The summed E-state index contributed by atoms with van der Waals surface area (Å²) in [5.41, 5.74) is 0. The molecule has 7 nitrogen and oxygen atoms in total. The summed E-state index contributed by atoms with van der Waals surface area (Å²) < 4.78 is 0. The first-order valence-corrected chi connectivity index (χ1v) is 6.57. The molecule has 0 fully saturated rings. The quantitative estimate of drug-likeness (QED) is 0.607. The Kier molecular flexibility index (Phi) is 4.39. The summed E-state index contributed by atoms with van der Waals surface area (Å²) in [6.45, 7) is 1.95. The van der Waals surface area contributed by atoms with Crippen molar-refractivity contribution in [3.63, 3.8) is 0 Å². The Bertz CT molecular complexity index is 498. The highest BCUT2D eigenvalue weighted by Gasteiger charge is 2.26. The van der Waals surface area contributed by atoms with Gasteiger partial charge >= 0.3 is 12.0 Å². The molecule has 20 heavy (non-hydrogen) atoms. The van der Waals surface area contributed by atoms with Gasteiger partial charge in [0.1, 0.15) is 5.82 Å². The number of amides is 2. The fraction of sp³-hybridized carbons (Fsp3) is 0.462. The number of hydrogen-bond acceptors (Lipinski definition) is 3. The molecular formula is C13H18N4O3. The zero-order valence-corrected chi connectivity index (χ0v) is 11.2. The molecule has 4 N–H and O–H groups in total. The molecule has 1 aromatic rings. The molecule has 108 valence electrons. The molecule has 0 aromatic carbocycles. The molecule has 2 amide bonds. The molecular weight excluding hydrogens is 260 g/mol. The van der Waals surface area contributed by atoms with Gasteiger partial charge < -0.3 is 20.7 Å². The highest BCUT2D eigenvalue weighted by molar-refractivity contribution is 5.76. The molecule has 0 saturated carbocycles. The highest BCUT2D eigenvalue weighted by atomic mass is 16.4. The van der Waals surface area contributed by atoms with E-state index in [-0.39, 0.29) is 18.1 Å². The number of carbonyl (C=O) groups is 2. The lowest BCUT2D eigenvalue weighted by atomic mass is 10.1. The van der Waals surface area contributed by atoms with Crippen molar-refractivity contribution in [1.29, 1.82) is 0 Å². The zero-order chi connectivity index (χ0) is 14.5. The van der Waals surface area contributed by atoms with Crippen LogP contribution in [0.5, 0.6) is 0 Å². The second-order valence-corrected chi connectivity index (χ2v) is 4.72. The molecule has 0 aliphatic heterocycles. The van der Waals surface area contributed by atoms with Gasteiger partial charge in [-0.15, -0.1) is 0 Å². The summed E-state index contributed by atoms with van der Waals surface area (Å²) in [6, 6.07) is -0.759. The summed E-state index contributed by atoms with van der Waals surface area (Å²) in [5, 5.41) is 14.4. The largest absolute Gasteiger partial charge is 0.481 e. The standard InChI is InChI=1S/C13H18N4O3/c1-2-10(11-14-5-6-15-11)17-13(20)16-9-4-3-8(7-9)12(18)19/h3-6,8-10H,2,7H2,1H3,(H,14,15)(H,18,19)(H2,16,17,20). The van der Waals surface area contributed by atoms with Crippen LogP contribution >= 0.6 is 0 Å². The van der Waals surface area contributed by atoms with E-state index < -0.39 is 11.9 Å². The van der Waals surface area contributed by atoms with Crippen LogP contribution in [0.25, 0.3) is 0 Å². The number of carboxylic acids is 1. The van der Waals surface area contributed by atoms with Gasteiger partial charge in [0.25, 0.3) is 0 Å². The monoisotopic (exact) mass is 278 g/mol. The number of H-pyrrole nitrogens is 1. The lowest BCUT2D eigenvalue weighted by Crippen LogP contribution is -2.42. The number of carbonyl (C=O) groups excluding carboxylic acids is 1. The van der Waals surface area contributed by atoms with Crippen LogP contribution in [0, 0.1) is 5.92 Å². The molecule has 3 unspecified atom stereocenters. The Balaban J connectivity index is 1.84. The molecule has 3 atom stereocenters. The number of rotatable bonds is 5. The van der Waals surface area contributed by atoms with Crippen molar-refractivity contribution in [2.75, 3.05) is 0 Å². The lowest BCUT2D eigenvalue weighted by molar-refractivity contribution is -0.140. The molecule has 1 aliphatic carbocycles. The summed E-state index contributed by atoms with van der Waals surface area (Å²) in [4.78, 5) is 29.8. The van der Waals surface area contributed by atoms with Crippen molar-refractivity contribution < 1.29 is 14.7 Å². The number of hydrogen-bond donors (Lipinski definition) is 4. The van der Waals surface area contributed by atoms with Gasteiger partial charge in [0.2, 0.25) is 0 Å². The van der Waals surface area contributed by atoms with E-state index in [2.05, 4.69) is 20.6 Å². The van der Waals surface area contributed by atoms with Crippen LogP contribution in [0.4, 0.5) is 4.79 Å². The number of nitrogens with one attached hydrogen (secondary N) is 3. The fourth-order valence-corrected chi connectivity index (χ4v) is 2.19. The van der Waals surface area contributed by atoms with Gasteiger partial charge in [-0.1, -0.05) is 19.1 Å². The fourth-order valence-electron chi connectivity index (χ4n) is 2.19. The van der Waals surface area contributed by atoms with Crippen LogP contribution in [0.15, 0.2) is 24.5 Å². The highest BCUT2D eigenvalue weighted by Crippen LogP contribution is 2.18. The first kappa shape index (κ1) is 14.1. The Hall–Kier alpha value is -2.31. The van der Waals surface area contributed by atoms with Crippen LogP contribution < -0.4 is 10.6 Å². The minimum Gasteiger partial charge on any atom is -0.481 e. The minimum absolute atomic E-state index is 0.189. The average molecular weight is 278 g/mol. The molecule has 0 saturated heterocycles. The number of carboxylic acid groups (broad SMARTS) is 1. The second-order valence-electron chi connectivity index (χ2n) is 4.72. The maximum Gasteiger partial charge on any atom is 0.315 e. The Morgan fingerprint density at radius 3 is 2.90 bits per heavy atom. The number of imidazole rings is 1. The molecule has 1 heterocycles. The second kappa shape index (κ2) is 6.23. The van der Waals surface area contributed by atoms with E-state index in [9.17, 15) is 9.59 Å². The van der Waals surface area contributed by atoms with Gasteiger partial charge in [-0.25, -0.2) is 9.78 Å². The van der Waals surface area contributed by atoms with Crippen LogP contribution in [-0.4, -0.2) is 33.1 Å². The first-order valence-electron chi connectivity index (χ1n) is 6.57. The third-order valence-corrected chi connectivity index (χ3v) is 3.28. The number of aromatic nitrogens is 2. The predicted molar refractivity (Wildman–Crippen MR) is 72.0 cm³/mol. The van der Waals surface area contributed by atoms with Gasteiger partial charge in [0.15, 0.2) is 0 Å². The summed E-state index contributed by atoms with van der Waals surface area (Å²) in [5.74, 6) is -0.687. The van der Waals surface area contributed by atoms with Gasteiger partial charge in [0, 0.05) is 12.4 Å². The maximum atomic E-state index is 11.9. The molecule has 2 rings (SSSR count). The topological polar surface area (TPSA) is 107 Å². The zero-order valence-electron chi connectivity index (χ0n) is 11.2. The van der Waals surface area contributed by atoms with Crippen LogP contribution in [0.3, 0.4) is 0 Å². The van der Waals surface area contributed by atoms with E-state index in [1.807, 2.05) is 6.92 Å². The normalized spacial score (nSPS) is 22.4. The smallest absolute Gasteiger partial charge is 0.315 e. The van der Waals surface area contributed by atoms with Crippen molar-refractivity contribution in [3.8, 4) is 0 Å². The number of nitrogens with zero attached hydrogens (tertiary/aromatic N) is 1. The van der Waals surface area contributed by atoms with Crippen LogP contribution in [-0.2, 0) is 4.79 Å². The molecule has 7 heteroatoms. The van der Waals surface area contributed by atoms with Crippen LogP contribution in [0.2, 0.25) is 0 Å². The number of aromatic amines is 1. The lowest BCUT2D eigenvalue weighted by Gasteiger charge is -2.18. The summed E-state index contributed by atoms with van der Waals surface area (Å²) >= 11 is 0. The third-order valence-electron chi connectivity index (χ3n) is 3.28. The first-order chi connectivity index (χ1) is 9.60. The number of urea groups is 1. The molecule has 0 bridgehead atoms. The minimum atomic E-state index is -0.868. The Labute approximate surface area is 116 Å². The Morgan fingerprint density at radius 1 is 1.55 bits per heavy atom. The Morgan fingerprint density at radius 2 is 2.35 bits per heavy atom. The van der Waals surface area contributed by atoms with Crippen LogP contribution in [0.1, 0.15) is 31.6 Å². The van der Waals surface area contributed by atoms with Crippen molar-refractivity contribution in [3.05, 3.63) is 30.4 Å². The van der Waals surface area contributed by atoms with Crippen molar-refractivity contribution in [1.82, 2.24) is 20.6 Å². The summed E-state index contributed by atoms with van der Waals surface area (Å²) in [7, 11) is 0. The SMILES string of the molecule is CCC(NC(=O)NC1C=CC(C(=O)O)C1)c1ncc[nH]1. The molecule has 1 aliphatic rings. The van der Waals surface area contributed by atoms with Gasteiger partial charge in [-0.05, 0) is 12.8 Å². The molecule has 0 spiro atoms. The van der Waals surface area contributed by atoms with E-state index in [1.54, 1.807) is 24.5 Å². The summed E-state index contributed by atoms with van der Waals surface area (Å²) in [6.07, 6.45) is 7.76. The predicted octanol–water partition coefficient (Wildman–Crippen LogP) is 1.19. The van der Waals surface area contributed by atoms with E-state index in [0.717, 1.165) is 0 Å². The van der Waals surface area contributed by atoms with Gasteiger partial charge in [0.05, 0.1) is 18.0 Å². The van der Waals surface area contributed by atoms with Crippen molar-refractivity contribution in [2.45, 2.75) is 31.8 Å². The van der Waals surface area contributed by atoms with Crippen molar-refractivity contribution in [2.24, 2.45) is 5.92 Å². The van der Waals surface area contributed by atoms with E-state index in [0.29, 0.717) is 18.7 Å². The maximum absolute atomic E-state index is 11.9. The van der Waals surface area contributed by atoms with E-state index in [1.165, 1.54) is 0 Å². The third kappa shape index (κ3) is 3.37. The van der Waals surface area contributed by atoms with E-state index in [4.69, 9.17) is 5.11 Å². The van der Waals surface area contributed by atoms with Gasteiger partial charge in [-0.2, -0.15) is 0 Å². The molecule has 1 aromatic heterocycles.